The zero-order valence-corrected chi connectivity index (χ0v) is 28.3. The summed E-state index contributed by atoms with van der Waals surface area (Å²) in [6.45, 7) is 7.93. The highest BCUT2D eigenvalue weighted by molar-refractivity contribution is 7.85. The summed E-state index contributed by atoms with van der Waals surface area (Å²) in [6, 6.07) is 22.4. The number of pyridine rings is 2. The number of nitrogens with zero attached hydrogens (tertiary/aromatic N) is 3. The van der Waals surface area contributed by atoms with Crippen LogP contribution in [0, 0.1) is 32.7 Å². The van der Waals surface area contributed by atoms with Crippen LogP contribution in [0.3, 0.4) is 0 Å². The number of hydrogen-bond acceptors (Lipinski definition) is 9. The van der Waals surface area contributed by atoms with Gasteiger partial charge >= 0.3 is 6.09 Å². The van der Waals surface area contributed by atoms with E-state index in [0.717, 1.165) is 30.5 Å². The smallest absolute Gasteiger partial charge is 0.410 e. The van der Waals surface area contributed by atoms with E-state index in [0.29, 0.717) is 30.6 Å². The quantitative estimate of drug-likeness (QED) is 0.162. The first-order valence-electron chi connectivity index (χ1n) is 15.7. The standard InChI is InChI=1S/C18H19FN2O3.C10H13FN2O.C7H8O3S/c1-13-7-8-16(17(19)20-13)23-12-15-9-10-21(15)18(22)24-11-14-5-3-2-4-6-14;1-7-2-3-9(10(11)13-7)14-6-8-4-5-12-8;1-6-2-4-7(5-3-6)11(8,9)10/h2-8,15H,9-12H2,1H3;2-3,8,12H,4-6H2,1H3;2-5H,1H3,(H,8,9,10)/t15-;8-;/m11./s1. The number of carbonyl (C=O) groups is 1. The Bertz CT molecular complexity index is 1780. The predicted molar refractivity (Wildman–Crippen MR) is 178 cm³/mol. The fraction of sp³-hybridized carbons (Fsp3) is 0.343. The van der Waals surface area contributed by atoms with Crippen LogP contribution in [0.15, 0.2) is 83.8 Å². The van der Waals surface area contributed by atoms with Crippen LogP contribution in [-0.2, 0) is 21.5 Å². The van der Waals surface area contributed by atoms with E-state index in [2.05, 4.69) is 15.3 Å². The molecule has 0 radical (unpaired) electrons. The SMILES string of the molecule is Cc1ccc(OC[C@H]2CCN2)c(F)n1.Cc1ccc(OC[C@H]2CCN2C(=O)OCc2ccccc2)c(F)n1.Cc1ccc(S(=O)(=O)O)cc1. The lowest BCUT2D eigenvalue weighted by molar-refractivity contribution is 0.0253. The molecule has 6 rings (SSSR count). The van der Waals surface area contributed by atoms with Gasteiger partial charge in [0, 0.05) is 24.0 Å². The van der Waals surface area contributed by atoms with Gasteiger partial charge in [-0.3, -0.25) is 4.55 Å². The van der Waals surface area contributed by atoms with Crippen molar-refractivity contribution in [2.45, 2.75) is 57.2 Å². The van der Waals surface area contributed by atoms with Crippen molar-refractivity contribution in [3.05, 3.63) is 113 Å². The highest BCUT2D eigenvalue weighted by Gasteiger charge is 2.34. The number of benzene rings is 2. The molecule has 2 aromatic carbocycles. The van der Waals surface area contributed by atoms with Crippen LogP contribution < -0.4 is 14.8 Å². The van der Waals surface area contributed by atoms with Gasteiger partial charge in [0.25, 0.3) is 22.0 Å². The number of hydrogen-bond donors (Lipinski definition) is 2. The fourth-order valence-electron chi connectivity index (χ4n) is 4.47. The van der Waals surface area contributed by atoms with Crippen molar-refractivity contribution in [1.82, 2.24) is 20.2 Å². The van der Waals surface area contributed by atoms with Crippen LogP contribution in [-0.4, -0.2) is 72.3 Å². The van der Waals surface area contributed by atoms with Gasteiger partial charge in [-0.1, -0.05) is 48.0 Å². The van der Waals surface area contributed by atoms with Crippen molar-refractivity contribution >= 4 is 16.2 Å². The van der Waals surface area contributed by atoms with Gasteiger partial charge < -0.3 is 24.4 Å². The summed E-state index contributed by atoms with van der Waals surface area (Å²) in [4.78, 5) is 21.0. The molecule has 2 atom stereocenters. The number of likely N-dealkylation sites (tertiary alicyclic amines) is 1. The van der Waals surface area contributed by atoms with Crippen LogP contribution in [0.5, 0.6) is 11.5 Å². The molecule has 0 saturated carbocycles. The third-order valence-electron chi connectivity index (χ3n) is 7.61. The highest BCUT2D eigenvalue weighted by Crippen LogP contribution is 2.22. The van der Waals surface area contributed by atoms with Gasteiger partial charge in [-0.25, -0.2) is 14.8 Å². The molecule has 2 fully saturated rings. The second-order valence-electron chi connectivity index (χ2n) is 11.5. The molecule has 2 aliphatic heterocycles. The molecule has 49 heavy (non-hydrogen) atoms. The van der Waals surface area contributed by atoms with Crippen LogP contribution in [0.1, 0.15) is 35.4 Å². The lowest BCUT2D eigenvalue weighted by atomic mass is 10.1. The number of aromatic nitrogens is 2. The number of halogens is 2. The predicted octanol–water partition coefficient (Wildman–Crippen LogP) is 5.83. The zero-order valence-electron chi connectivity index (χ0n) is 27.5. The molecule has 2 N–H and O–H groups in total. The maximum absolute atomic E-state index is 13.6. The van der Waals surface area contributed by atoms with Gasteiger partial charge in [-0.2, -0.15) is 17.2 Å². The summed E-state index contributed by atoms with van der Waals surface area (Å²) in [7, 11) is -4.02. The second kappa shape index (κ2) is 17.7. The normalized spacial score (nSPS) is 16.4. The molecule has 262 valence electrons. The van der Waals surface area contributed by atoms with E-state index in [9.17, 15) is 22.0 Å². The monoisotopic (exact) mass is 698 g/mol. The Balaban J connectivity index is 0.000000183. The molecule has 1 amide bonds. The second-order valence-corrected chi connectivity index (χ2v) is 12.9. The number of carbonyl (C=O) groups excluding carboxylic acids is 1. The molecule has 2 saturated heterocycles. The Morgan fingerprint density at radius 1 is 0.857 bits per heavy atom. The van der Waals surface area contributed by atoms with Crippen LogP contribution >= 0.6 is 0 Å². The van der Waals surface area contributed by atoms with E-state index in [1.54, 1.807) is 55.1 Å². The minimum atomic E-state index is -4.02. The Morgan fingerprint density at radius 2 is 1.43 bits per heavy atom. The number of aryl methyl sites for hydroxylation is 3. The summed E-state index contributed by atoms with van der Waals surface area (Å²) in [5, 5.41) is 3.18. The molecule has 4 heterocycles. The third kappa shape index (κ3) is 11.8. The van der Waals surface area contributed by atoms with E-state index in [1.165, 1.54) is 12.1 Å². The zero-order chi connectivity index (χ0) is 35.4. The molecule has 4 aromatic rings. The van der Waals surface area contributed by atoms with E-state index in [4.69, 9.17) is 18.8 Å². The summed E-state index contributed by atoms with van der Waals surface area (Å²) < 4.78 is 72.4. The molecule has 0 aliphatic carbocycles. The Kier molecular flexibility index (Phi) is 13.4. The first kappa shape index (κ1) is 37.2. The molecular weight excluding hydrogens is 658 g/mol. The van der Waals surface area contributed by atoms with Gasteiger partial charge in [0.2, 0.25) is 0 Å². The van der Waals surface area contributed by atoms with Gasteiger partial charge in [0.05, 0.1) is 10.9 Å². The molecule has 2 aromatic heterocycles. The van der Waals surface area contributed by atoms with Crippen molar-refractivity contribution in [1.29, 1.82) is 0 Å². The van der Waals surface area contributed by atoms with Crippen molar-refractivity contribution in [2.24, 2.45) is 0 Å². The van der Waals surface area contributed by atoms with Crippen LogP contribution in [0.25, 0.3) is 0 Å². The molecule has 0 unspecified atom stereocenters. The van der Waals surface area contributed by atoms with Gasteiger partial charge in [-0.05, 0) is 82.1 Å². The van der Waals surface area contributed by atoms with Crippen molar-refractivity contribution in [2.75, 3.05) is 26.3 Å². The van der Waals surface area contributed by atoms with E-state index < -0.39 is 22.0 Å². The summed E-state index contributed by atoms with van der Waals surface area (Å²) in [6.07, 6.45) is 1.53. The molecule has 0 spiro atoms. The van der Waals surface area contributed by atoms with Crippen molar-refractivity contribution in [3.63, 3.8) is 0 Å². The largest absolute Gasteiger partial charge is 0.487 e. The molecule has 11 nitrogen and oxygen atoms in total. The van der Waals surface area contributed by atoms with E-state index in [-0.39, 0.29) is 41.7 Å². The Hall–Kier alpha value is -4.66. The fourth-order valence-corrected chi connectivity index (χ4v) is 4.95. The van der Waals surface area contributed by atoms with Gasteiger partial charge in [0.15, 0.2) is 11.5 Å². The topological polar surface area (TPSA) is 140 Å². The summed E-state index contributed by atoms with van der Waals surface area (Å²) >= 11 is 0. The maximum atomic E-state index is 13.6. The van der Waals surface area contributed by atoms with Crippen molar-refractivity contribution < 1.29 is 40.8 Å². The van der Waals surface area contributed by atoms with Gasteiger partial charge in [-0.15, -0.1) is 0 Å². The lowest BCUT2D eigenvalue weighted by Crippen LogP contribution is -2.54. The van der Waals surface area contributed by atoms with E-state index >= 15 is 0 Å². The third-order valence-corrected chi connectivity index (χ3v) is 8.47. The summed E-state index contributed by atoms with van der Waals surface area (Å²) in [5.74, 6) is -0.814. The first-order valence-corrected chi connectivity index (χ1v) is 17.1. The Morgan fingerprint density at radius 3 is 1.90 bits per heavy atom. The minimum absolute atomic E-state index is 0.0666. The number of nitrogens with one attached hydrogen (secondary N) is 1. The first-order chi connectivity index (χ1) is 23.4. The average molecular weight is 699 g/mol. The number of amides is 1. The van der Waals surface area contributed by atoms with E-state index in [1.807, 2.05) is 37.3 Å². The van der Waals surface area contributed by atoms with Gasteiger partial charge in [0.1, 0.15) is 19.8 Å². The highest BCUT2D eigenvalue weighted by atomic mass is 32.2. The molecular formula is C35H40F2N4O7S. The average Bonchev–Trinajstić information content (AvgIpc) is 3.02. The molecule has 0 bridgehead atoms. The van der Waals surface area contributed by atoms with Crippen LogP contribution in [0.4, 0.5) is 13.6 Å². The van der Waals surface area contributed by atoms with Crippen LogP contribution in [0.2, 0.25) is 0 Å². The Labute approximate surface area is 285 Å². The number of ether oxygens (including phenoxy) is 3. The number of rotatable bonds is 9. The lowest BCUT2D eigenvalue weighted by Gasteiger charge is -2.39. The summed E-state index contributed by atoms with van der Waals surface area (Å²) in [5.41, 5.74) is 3.15. The maximum Gasteiger partial charge on any atom is 0.410 e. The molecule has 14 heteroatoms. The molecule has 2 aliphatic rings. The minimum Gasteiger partial charge on any atom is -0.487 e. The van der Waals surface area contributed by atoms with Crippen molar-refractivity contribution in [3.8, 4) is 11.5 Å².